The zero-order chi connectivity index (χ0) is 13.3. The minimum atomic E-state index is -0.600. The van der Waals surface area contributed by atoms with Crippen molar-refractivity contribution in [1.29, 1.82) is 0 Å². The van der Waals surface area contributed by atoms with Gasteiger partial charge in [-0.05, 0) is 30.5 Å². The lowest BCUT2D eigenvalue weighted by molar-refractivity contribution is -0.123. The van der Waals surface area contributed by atoms with Gasteiger partial charge in [0, 0.05) is 10.9 Å². The fraction of sp³-hybridized carbons (Fsp3) is 0.333. The normalized spacial score (nSPS) is 21.2. The number of hydrazine groups is 1. The van der Waals surface area contributed by atoms with E-state index in [-0.39, 0.29) is 23.1 Å². The van der Waals surface area contributed by atoms with E-state index in [0.717, 1.165) is 6.42 Å². The van der Waals surface area contributed by atoms with Crippen molar-refractivity contribution < 1.29 is 14.7 Å². The average molecular weight is 269 g/mol. The molecular formula is C12H13ClN2O3. The summed E-state index contributed by atoms with van der Waals surface area (Å²) in [6.07, 6.45) is 0.837. The number of carbonyl (C=O) groups excluding carboxylic acids is 2. The number of hydrogen-bond acceptors (Lipinski definition) is 3. The molecule has 0 aliphatic heterocycles. The second-order valence-corrected chi connectivity index (χ2v) is 4.86. The highest BCUT2D eigenvalue weighted by molar-refractivity contribution is 6.31. The largest absolute Gasteiger partial charge is 0.507 e. The van der Waals surface area contributed by atoms with Gasteiger partial charge in [0.1, 0.15) is 5.75 Å². The summed E-state index contributed by atoms with van der Waals surface area (Å²) in [5.74, 6) is -0.667. The van der Waals surface area contributed by atoms with Crippen molar-refractivity contribution >= 4 is 23.4 Å². The second kappa shape index (κ2) is 4.86. The molecule has 0 spiro atoms. The highest BCUT2D eigenvalue weighted by Gasteiger charge is 2.39. The first-order valence-electron chi connectivity index (χ1n) is 5.57. The number of phenolic OH excluding ortho intramolecular Hbond substituents is 1. The van der Waals surface area contributed by atoms with Crippen molar-refractivity contribution in [3.63, 3.8) is 0 Å². The zero-order valence-corrected chi connectivity index (χ0v) is 10.5. The Hall–Kier alpha value is -1.75. The molecular weight excluding hydrogens is 256 g/mol. The molecule has 2 atom stereocenters. The number of rotatable bonds is 2. The maximum absolute atomic E-state index is 11.7. The Morgan fingerprint density at radius 3 is 2.67 bits per heavy atom. The highest BCUT2D eigenvalue weighted by atomic mass is 35.5. The lowest BCUT2D eigenvalue weighted by Crippen LogP contribution is -2.42. The van der Waals surface area contributed by atoms with Crippen molar-refractivity contribution in [2.45, 2.75) is 13.3 Å². The summed E-state index contributed by atoms with van der Waals surface area (Å²) in [6, 6.07) is 4.12. The zero-order valence-electron chi connectivity index (χ0n) is 9.74. The van der Waals surface area contributed by atoms with Crippen LogP contribution in [0, 0.1) is 11.8 Å². The summed E-state index contributed by atoms with van der Waals surface area (Å²) in [7, 11) is 0. The Morgan fingerprint density at radius 1 is 1.39 bits per heavy atom. The molecule has 0 radical (unpaired) electrons. The van der Waals surface area contributed by atoms with Crippen LogP contribution in [0.5, 0.6) is 5.75 Å². The van der Waals surface area contributed by atoms with Crippen molar-refractivity contribution in [3.05, 3.63) is 28.8 Å². The van der Waals surface area contributed by atoms with Crippen LogP contribution in [-0.4, -0.2) is 16.9 Å². The first kappa shape index (κ1) is 12.7. The van der Waals surface area contributed by atoms with Crippen LogP contribution in [0.25, 0.3) is 0 Å². The minimum Gasteiger partial charge on any atom is -0.507 e. The third kappa shape index (κ3) is 2.73. The van der Waals surface area contributed by atoms with Crippen molar-refractivity contribution in [2.24, 2.45) is 11.8 Å². The fourth-order valence-corrected chi connectivity index (χ4v) is 1.83. The number of aromatic hydroxyl groups is 1. The van der Waals surface area contributed by atoms with Crippen molar-refractivity contribution in [3.8, 4) is 5.75 Å². The van der Waals surface area contributed by atoms with Gasteiger partial charge in [0.2, 0.25) is 5.91 Å². The lowest BCUT2D eigenvalue weighted by Gasteiger charge is -2.08. The van der Waals surface area contributed by atoms with Gasteiger partial charge < -0.3 is 5.11 Å². The standard InChI is InChI=1S/C12H13ClN2O3/c1-6-4-8(6)11(17)14-15-12(18)9-5-7(13)2-3-10(9)16/h2-3,5-6,8,16H,4H2,1H3,(H,14,17)(H,15,18). The Bertz CT molecular complexity index is 504. The van der Waals surface area contributed by atoms with Crippen LogP contribution in [-0.2, 0) is 4.79 Å². The van der Waals surface area contributed by atoms with Gasteiger partial charge in [-0.3, -0.25) is 20.4 Å². The molecule has 18 heavy (non-hydrogen) atoms. The second-order valence-electron chi connectivity index (χ2n) is 4.42. The summed E-state index contributed by atoms with van der Waals surface area (Å²) in [5.41, 5.74) is 4.60. The van der Waals surface area contributed by atoms with Gasteiger partial charge in [0.15, 0.2) is 0 Å². The molecule has 0 heterocycles. The van der Waals surface area contributed by atoms with Gasteiger partial charge in [0.05, 0.1) is 5.56 Å². The van der Waals surface area contributed by atoms with E-state index in [0.29, 0.717) is 10.9 Å². The molecule has 0 aromatic heterocycles. The molecule has 3 N–H and O–H groups in total. The van der Waals surface area contributed by atoms with E-state index < -0.39 is 5.91 Å². The molecule has 1 aromatic carbocycles. The molecule has 1 aliphatic rings. The Balaban J connectivity index is 1.95. The summed E-state index contributed by atoms with van der Waals surface area (Å²) >= 11 is 5.72. The van der Waals surface area contributed by atoms with Crippen LogP contribution in [0.4, 0.5) is 0 Å². The van der Waals surface area contributed by atoms with E-state index in [1.165, 1.54) is 18.2 Å². The Morgan fingerprint density at radius 2 is 2.06 bits per heavy atom. The Labute approximate surface area is 109 Å². The number of hydrogen-bond donors (Lipinski definition) is 3. The average Bonchev–Trinajstić information content (AvgIpc) is 3.06. The van der Waals surface area contributed by atoms with E-state index in [9.17, 15) is 14.7 Å². The molecule has 0 bridgehead atoms. The van der Waals surface area contributed by atoms with Gasteiger partial charge in [0.25, 0.3) is 5.91 Å². The van der Waals surface area contributed by atoms with Crippen LogP contribution in [0.2, 0.25) is 5.02 Å². The number of phenols is 1. The summed E-state index contributed by atoms with van der Waals surface area (Å²) in [4.78, 5) is 23.2. The molecule has 2 unspecified atom stereocenters. The van der Waals surface area contributed by atoms with Gasteiger partial charge in [-0.1, -0.05) is 18.5 Å². The lowest BCUT2D eigenvalue weighted by atomic mass is 10.2. The first-order valence-corrected chi connectivity index (χ1v) is 5.95. The van der Waals surface area contributed by atoms with E-state index >= 15 is 0 Å². The number of amides is 2. The minimum absolute atomic E-state index is 0.0200. The number of nitrogens with one attached hydrogen (secondary N) is 2. The van der Waals surface area contributed by atoms with Gasteiger partial charge in [-0.25, -0.2) is 0 Å². The maximum atomic E-state index is 11.7. The molecule has 1 saturated carbocycles. The summed E-state index contributed by atoms with van der Waals surface area (Å²) < 4.78 is 0. The monoisotopic (exact) mass is 268 g/mol. The predicted molar refractivity (Wildman–Crippen MR) is 66.0 cm³/mol. The smallest absolute Gasteiger partial charge is 0.273 e. The topological polar surface area (TPSA) is 78.4 Å². The van der Waals surface area contributed by atoms with Crippen LogP contribution in [0.3, 0.4) is 0 Å². The molecule has 1 aliphatic carbocycles. The first-order chi connectivity index (χ1) is 8.49. The van der Waals surface area contributed by atoms with Crippen molar-refractivity contribution in [2.75, 3.05) is 0 Å². The van der Waals surface area contributed by atoms with Crippen LogP contribution >= 0.6 is 11.6 Å². The van der Waals surface area contributed by atoms with Gasteiger partial charge in [-0.2, -0.15) is 0 Å². The molecule has 2 rings (SSSR count). The molecule has 0 saturated heterocycles. The molecule has 96 valence electrons. The molecule has 6 heteroatoms. The quantitative estimate of drug-likeness (QED) is 0.711. The number of benzene rings is 1. The van der Waals surface area contributed by atoms with Gasteiger partial charge >= 0.3 is 0 Å². The SMILES string of the molecule is CC1CC1C(=O)NNC(=O)c1cc(Cl)ccc1O. The van der Waals surface area contributed by atoms with Crippen LogP contribution in [0.1, 0.15) is 23.7 Å². The third-order valence-corrected chi connectivity index (χ3v) is 3.18. The fourth-order valence-electron chi connectivity index (χ4n) is 1.66. The van der Waals surface area contributed by atoms with Crippen LogP contribution < -0.4 is 10.9 Å². The Kier molecular flexibility index (Phi) is 3.43. The van der Waals surface area contributed by atoms with E-state index in [4.69, 9.17) is 11.6 Å². The van der Waals surface area contributed by atoms with E-state index in [1.54, 1.807) is 0 Å². The molecule has 1 fully saturated rings. The molecule has 1 aromatic rings. The summed E-state index contributed by atoms with van der Waals surface area (Å²) in [5, 5.41) is 9.84. The summed E-state index contributed by atoms with van der Waals surface area (Å²) in [6.45, 7) is 1.97. The van der Waals surface area contributed by atoms with E-state index in [1.807, 2.05) is 6.92 Å². The number of halogens is 1. The van der Waals surface area contributed by atoms with E-state index in [2.05, 4.69) is 10.9 Å². The highest BCUT2D eigenvalue weighted by Crippen LogP contribution is 2.37. The predicted octanol–water partition coefficient (Wildman–Crippen LogP) is 1.46. The van der Waals surface area contributed by atoms with Crippen molar-refractivity contribution in [1.82, 2.24) is 10.9 Å². The van der Waals surface area contributed by atoms with Gasteiger partial charge in [-0.15, -0.1) is 0 Å². The molecule has 2 amide bonds. The number of carbonyl (C=O) groups is 2. The molecule has 5 nitrogen and oxygen atoms in total. The van der Waals surface area contributed by atoms with Crippen LogP contribution in [0.15, 0.2) is 18.2 Å². The third-order valence-electron chi connectivity index (χ3n) is 2.95. The maximum Gasteiger partial charge on any atom is 0.273 e.